The number of rotatable bonds is 5. The molecule has 4 nitrogen and oxygen atoms in total. The topological polar surface area (TPSA) is 51.2 Å². The minimum absolute atomic E-state index is 0.109. The summed E-state index contributed by atoms with van der Waals surface area (Å²) in [5.74, 6) is -0.150. The maximum absolute atomic E-state index is 12.3. The zero-order valence-electron chi connectivity index (χ0n) is 14.1. The quantitative estimate of drug-likeness (QED) is 0.499. The Balaban J connectivity index is 1.85. The van der Waals surface area contributed by atoms with Crippen LogP contribution in [0.4, 0.5) is 0 Å². The van der Waals surface area contributed by atoms with Gasteiger partial charge in [0.15, 0.2) is 0 Å². The number of methoxy groups -OCH3 is 1. The smallest absolute Gasteiger partial charge is 0.327 e. The van der Waals surface area contributed by atoms with Gasteiger partial charge in [-0.15, -0.1) is 0 Å². The molecule has 3 rings (SSSR count). The van der Waals surface area contributed by atoms with Crippen LogP contribution in [0.5, 0.6) is 0 Å². The first-order valence-corrected chi connectivity index (χ1v) is 8.74. The summed E-state index contributed by atoms with van der Waals surface area (Å²) in [5.41, 5.74) is 1.98. The van der Waals surface area contributed by atoms with E-state index in [0.29, 0.717) is 5.15 Å². The van der Waals surface area contributed by atoms with Gasteiger partial charge in [0.2, 0.25) is 0 Å². The van der Waals surface area contributed by atoms with Crippen LogP contribution in [0.25, 0.3) is 0 Å². The Morgan fingerprint density at radius 2 is 2.08 bits per heavy atom. The predicted molar refractivity (Wildman–Crippen MR) is 98.5 cm³/mol. The summed E-state index contributed by atoms with van der Waals surface area (Å²) in [5, 5.41) is 3.98. The number of esters is 1. The molecule has 1 aromatic heterocycles. The van der Waals surface area contributed by atoms with E-state index in [-0.39, 0.29) is 17.9 Å². The maximum atomic E-state index is 12.3. The molecule has 0 bridgehead atoms. The van der Waals surface area contributed by atoms with Crippen LogP contribution in [0.2, 0.25) is 5.15 Å². The standard InChI is InChI=1S/C20H21ClN2O2/c1-25-20(24)19(14-7-3-2-4-8-14)23-17-10-6-5-9-16(17)15-11-12-18(21)22-13-15/h2-5,7-9,11-13,16-17,19,23H,6,10H2,1H3/t16-,17+,19-/m0/s1. The van der Waals surface area contributed by atoms with Crippen LogP contribution in [0.15, 0.2) is 60.8 Å². The van der Waals surface area contributed by atoms with Crippen molar-refractivity contribution in [2.75, 3.05) is 7.11 Å². The van der Waals surface area contributed by atoms with Crippen LogP contribution in [0.1, 0.15) is 35.9 Å². The molecule has 0 unspecified atom stereocenters. The second-order valence-corrected chi connectivity index (χ2v) is 6.47. The molecule has 0 spiro atoms. The van der Waals surface area contributed by atoms with E-state index in [1.165, 1.54) is 7.11 Å². The number of pyridine rings is 1. The van der Waals surface area contributed by atoms with Gasteiger partial charge in [-0.1, -0.05) is 60.2 Å². The first-order chi connectivity index (χ1) is 12.2. The van der Waals surface area contributed by atoms with E-state index in [0.717, 1.165) is 24.0 Å². The van der Waals surface area contributed by atoms with Crippen molar-refractivity contribution in [3.05, 3.63) is 77.1 Å². The first kappa shape index (κ1) is 17.6. The summed E-state index contributed by atoms with van der Waals surface area (Å²) in [6, 6.07) is 13.1. The third-order valence-corrected chi connectivity index (χ3v) is 4.73. The van der Waals surface area contributed by atoms with E-state index >= 15 is 0 Å². The summed E-state index contributed by atoms with van der Waals surface area (Å²) in [7, 11) is 1.42. The van der Waals surface area contributed by atoms with Gasteiger partial charge < -0.3 is 4.74 Å². The average molecular weight is 357 g/mol. The lowest BCUT2D eigenvalue weighted by atomic mass is 9.84. The molecule has 0 saturated heterocycles. The Kier molecular flexibility index (Phi) is 5.84. The Hall–Kier alpha value is -2.17. The molecule has 1 heterocycles. The molecule has 0 saturated carbocycles. The summed E-state index contributed by atoms with van der Waals surface area (Å²) in [4.78, 5) is 16.5. The number of hydrogen-bond acceptors (Lipinski definition) is 4. The van der Waals surface area contributed by atoms with Gasteiger partial charge in [0.1, 0.15) is 11.2 Å². The SMILES string of the molecule is COC(=O)[C@@H](N[C@@H]1CCC=C[C@H]1c1ccc(Cl)nc1)c1ccccc1. The van der Waals surface area contributed by atoms with Crippen LogP contribution < -0.4 is 5.32 Å². The first-order valence-electron chi connectivity index (χ1n) is 8.36. The number of benzene rings is 1. The number of carbonyl (C=O) groups excluding carboxylic acids is 1. The molecule has 130 valence electrons. The van der Waals surface area contributed by atoms with Crippen LogP contribution in [-0.2, 0) is 9.53 Å². The lowest BCUT2D eigenvalue weighted by molar-refractivity contribution is -0.143. The van der Waals surface area contributed by atoms with Crippen molar-refractivity contribution < 1.29 is 9.53 Å². The number of allylic oxidation sites excluding steroid dienone is 1. The molecule has 1 aliphatic rings. The van der Waals surface area contributed by atoms with Gasteiger partial charge in [-0.2, -0.15) is 0 Å². The number of carbonyl (C=O) groups is 1. The zero-order chi connectivity index (χ0) is 17.6. The second kappa shape index (κ2) is 8.28. The molecule has 0 fully saturated rings. The monoisotopic (exact) mass is 356 g/mol. The summed E-state index contributed by atoms with van der Waals surface area (Å²) < 4.78 is 5.02. The van der Waals surface area contributed by atoms with Gasteiger partial charge >= 0.3 is 5.97 Å². The highest BCUT2D eigenvalue weighted by molar-refractivity contribution is 6.29. The van der Waals surface area contributed by atoms with Crippen molar-refractivity contribution in [3.8, 4) is 0 Å². The predicted octanol–water partition coefficient (Wildman–Crippen LogP) is 4.04. The summed E-state index contributed by atoms with van der Waals surface area (Å²) in [6.07, 6.45) is 8.05. The lowest BCUT2D eigenvalue weighted by Crippen LogP contribution is -2.41. The van der Waals surface area contributed by atoms with Gasteiger partial charge in [-0.25, -0.2) is 9.78 Å². The largest absolute Gasteiger partial charge is 0.468 e. The highest BCUT2D eigenvalue weighted by atomic mass is 35.5. The second-order valence-electron chi connectivity index (χ2n) is 6.09. The van der Waals surface area contributed by atoms with Gasteiger partial charge in [0, 0.05) is 18.2 Å². The third-order valence-electron chi connectivity index (χ3n) is 4.51. The van der Waals surface area contributed by atoms with Crippen molar-refractivity contribution in [1.82, 2.24) is 10.3 Å². The molecule has 3 atom stereocenters. The molecule has 5 heteroatoms. The fourth-order valence-corrected chi connectivity index (χ4v) is 3.34. The van der Waals surface area contributed by atoms with Gasteiger partial charge in [-0.05, 0) is 30.0 Å². The Labute approximate surface area is 152 Å². The molecular formula is C20H21ClN2O2. The van der Waals surface area contributed by atoms with Crippen molar-refractivity contribution >= 4 is 17.6 Å². The van der Waals surface area contributed by atoms with Gasteiger partial charge in [-0.3, -0.25) is 5.32 Å². The maximum Gasteiger partial charge on any atom is 0.327 e. The summed E-state index contributed by atoms with van der Waals surface area (Å²) >= 11 is 5.91. The Bertz CT molecular complexity index is 731. The van der Waals surface area contributed by atoms with E-state index in [1.807, 2.05) is 36.4 Å². The molecule has 25 heavy (non-hydrogen) atoms. The number of nitrogens with zero attached hydrogens (tertiary/aromatic N) is 1. The van der Waals surface area contributed by atoms with Gasteiger partial charge in [0.25, 0.3) is 0 Å². The van der Waals surface area contributed by atoms with E-state index in [4.69, 9.17) is 16.3 Å². The Morgan fingerprint density at radius 3 is 2.76 bits per heavy atom. The van der Waals surface area contributed by atoms with Crippen molar-refractivity contribution in [2.45, 2.75) is 30.8 Å². The normalized spacial score (nSPS) is 20.9. The van der Waals surface area contributed by atoms with E-state index < -0.39 is 6.04 Å². The number of nitrogens with one attached hydrogen (secondary N) is 1. The Morgan fingerprint density at radius 1 is 1.28 bits per heavy atom. The number of halogens is 1. The molecule has 0 amide bonds. The lowest BCUT2D eigenvalue weighted by Gasteiger charge is -2.32. The van der Waals surface area contributed by atoms with E-state index in [2.05, 4.69) is 22.5 Å². The molecule has 0 aliphatic heterocycles. The third kappa shape index (κ3) is 4.27. The molecule has 1 aliphatic carbocycles. The van der Waals surface area contributed by atoms with Crippen LogP contribution >= 0.6 is 11.6 Å². The molecular weight excluding hydrogens is 336 g/mol. The van der Waals surface area contributed by atoms with E-state index in [9.17, 15) is 4.79 Å². The zero-order valence-corrected chi connectivity index (χ0v) is 14.8. The van der Waals surface area contributed by atoms with Crippen LogP contribution in [0, 0.1) is 0 Å². The van der Waals surface area contributed by atoms with Crippen molar-refractivity contribution in [2.24, 2.45) is 0 Å². The van der Waals surface area contributed by atoms with Crippen LogP contribution in [-0.4, -0.2) is 24.1 Å². The fraction of sp³-hybridized carbons (Fsp3) is 0.300. The highest BCUT2D eigenvalue weighted by Crippen LogP contribution is 2.30. The minimum atomic E-state index is -0.495. The molecule has 1 aromatic carbocycles. The van der Waals surface area contributed by atoms with Crippen molar-refractivity contribution in [1.29, 1.82) is 0 Å². The fourth-order valence-electron chi connectivity index (χ4n) is 3.22. The average Bonchev–Trinajstić information content (AvgIpc) is 2.67. The van der Waals surface area contributed by atoms with E-state index in [1.54, 1.807) is 12.3 Å². The van der Waals surface area contributed by atoms with Crippen molar-refractivity contribution in [3.63, 3.8) is 0 Å². The minimum Gasteiger partial charge on any atom is -0.468 e. The number of aromatic nitrogens is 1. The van der Waals surface area contributed by atoms with Crippen LogP contribution in [0.3, 0.4) is 0 Å². The summed E-state index contributed by atoms with van der Waals surface area (Å²) in [6.45, 7) is 0. The number of ether oxygens (including phenoxy) is 1. The molecule has 0 radical (unpaired) electrons. The molecule has 2 aromatic rings. The number of hydrogen-bond donors (Lipinski definition) is 1. The molecule has 1 N–H and O–H groups in total. The highest BCUT2D eigenvalue weighted by Gasteiger charge is 2.30. The van der Waals surface area contributed by atoms with Gasteiger partial charge in [0.05, 0.1) is 7.11 Å².